The fourth-order valence-electron chi connectivity index (χ4n) is 1.23. The van der Waals surface area contributed by atoms with E-state index in [-0.39, 0.29) is 29.7 Å². The molecular formula is C10H19LiO. The van der Waals surface area contributed by atoms with Gasteiger partial charge in [-0.15, -0.1) is 5.41 Å². The van der Waals surface area contributed by atoms with Gasteiger partial charge in [0, 0.05) is 0 Å². The summed E-state index contributed by atoms with van der Waals surface area (Å²) in [6, 6.07) is 0. The minimum Gasteiger partial charge on any atom is -0.566 e. The molecule has 1 saturated heterocycles. The smallest absolute Gasteiger partial charge is 0.566 e. The van der Waals surface area contributed by atoms with Crippen LogP contribution in [0, 0.1) is 16.9 Å². The van der Waals surface area contributed by atoms with E-state index in [9.17, 15) is 0 Å². The van der Waals surface area contributed by atoms with Gasteiger partial charge < -0.3 is 4.74 Å². The Balaban J connectivity index is 0.00000121. The van der Waals surface area contributed by atoms with E-state index in [1.54, 1.807) is 0 Å². The van der Waals surface area contributed by atoms with Crippen molar-refractivity contribution in [3.05, 3.63) is 6.10 Å². The van der Waals surface area contributed by atoms with Gasteiger partial charge in [-0.05, 0) is 5.41 Å². The van der Waals surface area contributed by atoms with Gasteiger partial charge >= 0.3 is 18.9 Å². The molecule has 66 valence electrons. The fourth-order valence-corrected chi connectivity index (χ4v) is 1.23. The number of hydrogen-bond donors (Lipinski definition) is 0. The van der Waals surface area contributed by atoms with Crippen LogP contribution in [0.15, 0.2) is 0 Å². The van der Waals surface area contributed by atoms with E-state index in [4.69, 9.17) is 4.74 Å². The van der Waals surface area contributed by atoms with Gasteiger partial charge in [-0.1, -0.05) is 47.6 Å². The molecule has 0 aromatic heterocycles. The Hall–Kier alpha value is 0.557. The van der Waals surface area contributed by atoms with E-state index in [1.165, 1.54) is 6.10 Å². The van der Waals surface area contributed by atoms with Crippen molar-refractivity contribution in [3.8, 4) is 0 Å². The molecule has 0 aromatic rings. The van der Waals surface area contributed by atoms with E-state index >= 15 is 0 Å². The van der Waals surface area contributed by atoms with E-state index in [0.717, 1.165) is 0 Å². The summed E-state index contributed by atoms with van der Waals surface area (Å²) in [6.07, 6.45) is 1.66. The first-order valence-electron chi connectivity index (χ1n) is 4.27. The van der Waals surface area contributed by atoms with Crippen molar-refractivity contribution >= 4 is 0 Å². The van der Waals surface area contributed by atoms with Gasteiger partial charge in [0.2, 0.25) is 0 Å². The first-order valence-corrected chi connectivity index (χ1v) is 4.27. The average Bonchev–Trinajstić information content (AvgIpc) is 2.30. The molecule has 1 heterocycles. The van der Waals surface area contributed by atoms with E-state index < -0.39 is 0 Å². The summed E-state index contributed by atoms with van der Waals surface area (Å²) < 4.78 is 5.56. The molecule has 1 atom stereocenters. The van der Waals surface area contributed by atoms with Crippen molar-refractivity contribution in [2.75, 3.05) is 0 Å². The van der Waals surface area contributed by atoms with Gasteiger partial charge in [-0.25, -0.2) is 0 Å². The second-order valence-corrected chi connectivity index (χ2v) is 5.48. The molecule has 0 N–H and O–H groups in total. The summed E-state index contributed by atoms with van der Waals surface area (Å²) in [5.41, 5.74) is 0.514. The summed E-state index contributed by atoms with van der Waals surface area (Å²) >= 11 is 0. The number of epoxide rings is 1. The zero-order valence-electron chi connectivity index (χ0n) is 9.49. The van der Waals surface area contributed by atoms with Crippen LogP contribution in [0.25, 0.3) is 0 Å². The third-order valence-corrected chi connectivity index (χ3v) is 1.95. The summed E-state index contributed by atoms with van der Waals surface area (Å²) in [5.74, 6) is 0. The quantitative estimate of drug-likeness (QED) is 0.278. The Morgan fingerprint density at radius 1 is 1.00 bits per heavy atom. The molecule has 0 aliphatic carbocycles. The van der Waals surface area contributed by atoms with E-state index in [0.29, 0.717) is 6.10 Å². The Bertz CT molecular complexity index is 134. The second-order valence-electron chi connectivity index (χ2n) is 5.48. The predicted octanol–water partition coefficient (Wildman–Crippen LogP) is 0.0134. The van der Waals surface area contributed by atoms with Crippen LogP contribution < -0.4 is 18.9 Å². The van der Waals surface area contributed by atoms with Crippen LogP contribution in [0.3, 0.4) is 0 Å². The molecule has 1 nitrogen and oxygen atoms in total. The van der Waals surface area contributed by atoms with E-state index in [2.05, 4.69) is 41.5 Å². The standard InChI is InChI=1S/C10H19O.Li/c1-9(2,3)7-8(11-7)10(4,5)6;/h7H,1-6H3;/q-1;+1/t7-;/m1./s1. The molecule has 0 bridgehead atoms. The number of ether oxygens (including phenoxy) is 1. The molecule has 1 aliphatic heterocycles. The van der Waals surface area contributed by atoms with Gasteiger partial charge in [0.25, 0.3) is 0 Å². The SMILES string of the molecule is CC(C)(C)[C-]1O[C@H]1C(C)(C)C.[Li+]. The normalized spacial score (nSPS) is 25.0. The van der Waals surface area contributed by atoms with Crippen LogP contribution in [0.5, 0.6) is 0 Å². The minimum absolute atomic E-state index is 0. The topological polar surface area (TPSA) is 12.5 Å². The Morgan fingerprint density at radius 2 is 1.42 bits per heavy atom. The third-order valence-electron chi connectivity index (χ3n) is 1.95. The number of hydrogen-bond acceptors (Lipinski definition) is 1. The number of rotatable bonds is 0. The van der Waals surface area contributed by atoms with Crippen LogP contribution in [0.4, 0.5) is 0 Å². The molecule has 0 radical (unpaired) electrons. The molecule has 2 heteroatoms. The average molecular weight is 162 g/mol. The molecular weight excluding hydrogens is 143 g/mol. The summed E-state index contributed by atoms with van der Waals surface area (Å²) in [6.45, 7) is 13.3. The monoisotopic (exact) mass is 162 g/mol. The molecule has 1 fully saturated rings. The maximum atomic E-state index is 5.56. The Labute approximate surface area is 88.4 Å². The van der Waals surface area contributed by atoms with Gasteiger partial charge in [0.1, 0.15) is 0 Å². The zero-order chi connectivity index (χ0) is 8.86. The first-order chi connectivity index (χ1) is 4.73. The minimum atomic E-state index is 0. The van der Waals surface area contributed by atoms with Gasteiger partial charge in [0.15, 0.2) is 0 Å². The molecule has 1 rings (SSSR count). The molecule has 1 aliphatic rings. The van der Waals surface area contributed by atoms with Crippen LogP contribution in [-0.4, -0.2) is 6.10 Å². The summed E-state index contributed by atoms with van der Waals surface area (Å²) in [5, 5.41) is 0. The largest absolute Gasteiger partial charge is 1.00 e. The molecule has 0 saturated carbocycles. The summed E-state index contributed by atoms with van der Waals surface area (Å²) in [7, 11) is 0. The molecule has 12 heavy (non-hydrogen) atoms. The maximum Gasteiger partial charge on any atom is 1.00 e. The third kappa shape index (κ3) is 2.80. The molecule has 0 amide bonds. The van der Waals surface area contributed by atoms with Gasteiger partial charge in [-0.3, -0.25) is 0 Å². The van der Waals surface area contributed by atoms with Crippen LogP contribution >= 0.6 is 0 Å². The van der Waals surface area contributed by atoms with Crippen molar-refractivity contribution in [2.24, 2.45) is 10.8 Å². The van der Waals surface area contributed by atoms with Gasteiger partial charge in [-0.2, -0.15) is 6.10 Å². The van der Waals surface area contributed by atoms with Crippen molar-refractivity contribution in [1.29, 1.82) is 0 Å². The summed E-state index contributed by atoms with van der Waals surface area (Å²) in [4.78, 5) is 0. The Morgan fingerprint density at radius 3 is 1.50 bits per heavy atom. The first kappa shape index (κ1) is 12.6. The van der Waals surface area contributed by atoms with E-state index in [1.807, 2.05) is 0 Å². The molecule has 0 aromatic carbocycles. The van der Waals surface area contributed by atoms with Crippen molar-refractivity contribution in [2.45, 2.75) is 47.6 Å². The van der Waals surface area contributed by atoms with Crippen LogP contribution in [0.2, 0.25) is 0 Å². The van der Waals surface area contributed by atoms with Crippen molar-refractivity contribution in [1.82, 2.24) is 0 Å². The van der Waals surface area contributed by atoms with Crippen LogP contribution in [0.1, 0.15) is 41.5 Å². The van der Waals surface area contributed by atoms with Gasteiger partial charge in [0.05, 0.1) is 0 Å². The fraction of sp³-hybridized carbons (Fsp3) is 0.900. The molecule has 0 unspecified atom stereocenters. The van der Waals surface area contributed by atoms with Crippen molar-refractivity contribution < 1.29 is 23.6 Å². The zero-order valence-corrected chi connectivity index (χ0v) is 9.49. The second kappa shape index (κ2) is 3.37. The Kier molecular flexibility index (Phi) is 3.52. The molecule has 0 spiro atoms. The maximum absolute atomic E-state index is 5.56. The van der Waals surface area contributed by atoms with Crippen molar-refractivity contribution in [3.63, 3.8) is 0 Å². The predicted molar refractivity (Wildman–Crippen MR) is 47.0 cm³/mol. The van der Waals surface area contributed by atoms with Crippen LogP contribution in [-0.2, 0) is 4.74 Å².